The van der Waals surface area contributed by atoms with E-state index in [2.05, 4.69) is 0 Å². The van der Waals surface area contributed by atoms with E-state index >= 15 is 0 Å². The minimum Gasteiger partial charge on any atom is -0.870 e. The molecule has 0 spiro atoms. The van der Waals surface area contributed by atoms with E-state index < -0.39 is 5.79 Å². The van der Waals surface area contributed by atoms with Crippen molar-refractivity contribution in [2.45, 2.75) is 5.79 Å². The van der Waals surface area contributed by atoms with Gasteiger partial charge in [-0.2, -0.15) is 0 Å². The van der Waals surface area contributed by atoms with Crippen LogP contribution in [-0.4, -0.2) is 23.3 Å². The van der Waals surface area contributed by atoms with E-state index in [0.29, 0.717) is 0 Å². The molecule has 7 heteroatoms. The zero-order chi connectivity index (χ0) is 5.21. The zero-order valence-electron chi connectivity index (χ0n) is 4.73. The van der Waals surface area contributed by atoms with Crippen molar-refractivity contribution in [2.24, 2.45) is 22.9 Å². The third-order valence-corrected chi connectivity index (χ3v) is 0.354. The molecular formula is C2H12N4NiO2. The van der Waals surface area contributed by atoms with Gasteiger partial charge in [-0.3, -0.25) is 0 Å². The Morgan fingerprint density at radius 1 is 1.00 bits per heavy atom. The summed E-state index contributed by atoms with van der Waals surface area (Å²) in [6.45, 7) is 0.104. The van der Waals surface area contributed by atoms with Crippen LogP contribution in [-0.2, 0) is 16.5 Å². The summed E-state index contributed by atoms with van der Waals surface area (Å²) in [5.74, 6) is -1.18. The molecule has 0 atom stereocenters. The van der Waals surface area contributed by atoms with E-state index in [1.807, 2.05) is 0 Å². The normalized spacial score (nSPS) is 8.00. The molecular weight excluding hydrogens is 171 g/mol. The Kier molecular flexibility index (Phi) is 20.9. The predicted octanol–water partition coefficient (Wildman–Crippen LogP) is -2.88. The Labute approximate surface area is 63.5 Å². The summed E-state index contributed by atoms with van der Waals surface area (Å²) < 4.78 is 0. The summed E-state index contributed by atoms with van der Waals surface area (Å²) in [7, 11) is 0. The van der Waals surface area contributed by atoms with Gasteiger partial charge in [0.25, 0.3) is 0 Å². The van der Waals surface area contributed by atoms with Crippen molar-refractivity contribution in [1.29, 1.82) is 0 Å². The number of rotatable bonds is 1. The zero-order valence-corrected chi connectivity index (χ0v) is 5.71. The maximum Gasteiger partial charge on any atom is 2.00 e. The standard InChI is InChI=1S/C2H10N4.Ni.2H2O/c3-1-2(4,5)6;;;/h1,3-6H2;;2*1H2/q;+2;;/p-2. The van der Waals surface area contributed by atoms with Crippen molar-refractivity contribution >= 4 is 0 Å². The maximum atomic E-state index is 4.97. The van der Waals surface area contributed by atoms with Gasteiger partial charge < -0.3 is 33.9 Å². The molecule has 62 valence electrons. The smallest absolute Gasteiger partial charge is 0.870 e. The molecule has 0 aromatic carbocycles. The molecule has 0 fully saturated rings. The average Bonchev–Trinajstić information content (AvgIpc) is 1.35. The quantitative estimate of drug-likeness (QED) is 0.251. The molecule has 0 saturated heterocycles. The first-order valence-electron chi connectivity index (χ1n) is 1.63. The van der Waals surface area contributed by atoms with E-state index in [1.165, 1.54) is 0 Å². The Balaban J connectivity index is -0.0000000417. The van der Waals surface area contributed by atoms with E-state index in [1.54, 1.807) is 0 Å². The number of hydrogen-bond donors (Lipinski definition) is 4. The molecule has 10 N–H and O–H groups in total. The van der Waals surface area contributed by atoms with Crippen LogP contribution in [0.2, 0.25) is 0 Å². The fourth-order valence-corrected chi connectivity index (χ4v) is 0. The molecule has 0 heterocycles. The third kappa shape index (κ3) is 30.5. The summed E-state index contributed by atoms with van der Waals surface area (Å²) in [4.78, 5) is 0. The molecule has 0 bridgehead atoms. The summed E-state index contributed by atoms with van der Waals surface area (Å²) in [6.07, 6.45) is 0. The Morgan fingerprint density at radius 3 is 1.11 bits per heavy atom. The topological polar surface area (TPSA) is 164 Å². The summed E-state index contributed by atoms with van der Waals surface area (Å²) in [5, 5.41) is 0. The van der Waals surface area contributed by atoms with Crippen LogP contribution in [0.25, 0.3) is 0 Å². The second kappa shape index (κ2) is 8.25. The Morgan fingerprint density at radius 2 is 1.11 bits per heavy atom. The molecule has 6 nitrogen and oxygen atoms in total. The van der Waals surface area contributed by atoms with Crippen LogP contribution >= 0.6 is 0 Å². The van der Waals surface area contributed by atoms with Crippen LogP contribution < -0.4 is 22.9 Å². The van der Waals surface area contributed by atoms with Gasteiger partial charge >= 0.3 is 16.5 Å². The molecule has 0 radical (unpaired) electrons. The van der Waals surface area contributed by atoms with Crippen LogP contribution in [0.3, 0.4) is 0 Å². The van der Waals surface area contributed by atoms with Gasteiger partial charge in [0.1, 0.15) is 5.79 Å². The van der Waals surface area contributed by atoms with Gasteiger partial charge in [-0.15, -0.1) is 0 Å². The average molecular weight is 183 g/mol. The van der Waals surface area contributed by atoms with Crippen molar-refractivity contribution in [1.82, 2.24) is 0 Å². The van der Waals surface area contributed by atoms with Gasteiger partial charge in [-0.25, -0.2) is 0 Å². The van der Waals surface area contributed by atoms with Crippen LogP contribution in [0.4, 0.5) is 0 Å². The van der Waals surface area contributed by atoms with Gasteiger partial charge in [0.05, 0.1) is 0 Å². The van der Waals surface area contributed by atoms with Gasteiger partial charge in [-0.05, 0) is 0 Å². The van der Waals surface area contributed by atoms with E-state index in [0.717, 1.165) is 0 Å². The Hall–Kier alpha value is 0.254. The van der Waals surface area contributed by atoms with Crippen LogP contribution in [0.15, 0.2) is 0 Å². The molecule has 0 unspecified atom stereocenters. The van der Waals surface area contributed by atoms with Gasteiger partial charge in [-0.1, -0.05) is 0 Å². The van der Waals surface area contributed by atoms with Crippen molar-refractivity contribution in [3.05, 3.63) is 0 Å². The number of nitrogens with two attached hydrogens (primary N) is 4. The summed E-state index contributed by atoms with van der Waals surface area (Å²) in [5.41, 5.74) is 19.8. The minimum absolute atomic E-state index is 0. The first-order chi connectivity index (χ1) is 2.56. The number of hydrogen-bond acceptors (Lipinski definition) is 6. The monoisotopic (exact) mass is 182 g/mol. The largest absolute Gasteiger partial charge is 2.00 e. The molecule has 0 aliphatic heterocycles. The first-order valence-corrected chi connectivity index (χ1v) is 1.63. The summed E-state index contributed by atoms with van der Waals surface area (Å²) >= 11 is 0. The van der Waals surface area contributed by atoms with Crippen LogP contribution in [0.5, 0.6) is 0 Å². The van der Waals surface area contributed by atoms with Crippen molar-refractivity contribution in [3.8, 4) is 0 Å². The van der Waals surface area contributed by atoms with E-state index in [9.17, 15) is 0 Å². The van der Waals surface area contributed by atoms with Crippen LogP contribution in [0, 0.1) is 0 Å². The molecule has 0 aromatic heterocycles. The fourth-order valence-electron chi connectivity index (χ4n) is 0. The molecule has 0 aliphatic rings. The molecule has 0 rings (SSSR count). The third-order valence-electron chi connectivity index (χ3n) is 0.354. The predicted molar refractivity (Wildman–Crippen MR) is 28.2 cm³/mol. The SMILES string of the molecule is NCC(N)(N)N.[Ni+2].[OH-].[OH-]. The molecule has 0 saturated carbocycles. The molecule has 9 heavy (non-hydrogen) atoms. The van der Waals surface area contributed by atoms with Gasteiger partial charge in [0.15, 0.2) is 0 Å². The molecule has 0 aromatic rings. The fraction of sp³-hybridized carbons (Fsp3) is 1.00. The second-order valence-electron chi connectivity index (χ2n) is 1.32. The van der Waals surface area contributed by atoms with Gasteiger partial charge in [0.2, 0.25) is 0 Å². The van der Waals surface area contributed by atoms with Crippen molar-refractivity contribution < 1.29 is 27.4 Å². The van der Waals surface area contributed by atoms with Crippen molar-refractivity contribution in [2.75, 3.05) is 6.54 Å². The van der Waals surface area contributed by atoms with Crippen molar-refractivity contribution in [3.63, 3.8) is 0 Å². The minimum atomic E-state index is -1.18. The first kappa shape index (κ1) is 22.8. The maximum absolute atomic E-state index is 4.97. The van der Waals surface area contributed by atoms with Crippen LogP contribution in [0.1, 0.15) is 0 Å². The summed E-state index contributed by atoms with van der Waals surface area (Å²) in [6, 6.07) is 0. The molecule has 0 amide bonds. The molecule has 0 aliphatic carbocycles. The second-order valence-corrected chi connectivity index (χ2v) is 1.32. The van der Waals surface area contributed by atoms with E-state index in [4.69, 9.17) is 22.9 Å². The Bertz CT molecular complexity index is 46.3. The van der Waals surface area contributed by atoms with E-state index in [-0.39, 0.29) is 34.0 Å². The van der Waals surface area contributed by atoms with Gasteiger partial charge in [0, 0.05) is 6.54 Å².